The lowest BCUT2D eigenvalue weighted by Crippen LogP contribution is -2.07. The van der Waals surface area contributed by atoms with E-state index in [4.69, 9.17) is 16.9 Å². The number of hydrogen-bond acceptors (Lipinski definition) is 7. The van der Waals surface area contributed by atoms with Gasteiger partial charge in [-0.2, -0.15) is 13.7 Å². The van der Waals surface area contributed by atoms with Crippen LogP contribution in [0.5, 0.6) is 0 Å². The normalized spacial score (nSPS) is 13.2. The summed E-state index contributed by atoms with van der Waals surface area (Å²) in [7, 11) is -8.33. The van der Waals surface area contributed by atoms with Gasteiger partial charge in [0.25, 0.3) is 15.7 Å². The van der Waals surface area contributed by atoms with E-state index in [0.717, 1.165) is 35.6 Å². The Morgan fingerprint density at radius 2 is 1.77 bits per heavy atom. The molecule has 1 unspecified atom stereocenters. The fourth-order valence-corrected chi connectivity index (χ4v) is 8.54. The quantitative estimate of drug-likeness (QED) is 0.318. The minimum Gasteiger partial charge on any atom is -0.258 e. The van der Waals surface area contributed by atoms with Gasteiger partial charge in [-0.15, -0.1) is 11.3 Å². The second-order valence-electron chi connectivity index (χ2n) is 5.64. The first-order chi connectivity index (χ1) is 14.1. The zero-order valence-electron chi connectivity index (χ0n) is 14.6. The molecule has 3 rings (SSSR count). The Kier molecular flexibility index (Phi) is 6.30. The molecule has 13 heteroatoms. The first-order valence-corrected chi connectivity index (χ1v) is 12.7. The van der Waals surface area contributed by atoms with Crippen molar-refractivity contribution >= 4 is 64.3 Å². The summed E-state index contributed by atoms with van der Waals surface area (Å²) in [4.78, 5) is 9.86. The van der Waals surface area contributed by atoms with Crippen LogP contribution in [-0.4, -0.2) is 17.6 Å². The number of hydrogen-bond donors (Lipinski definition) is 0. The Balaban J connectivity index is 2.30. The number of halogens is 2. The van der Waals surface area contributed by atoms with Gasteiger partial charge in [-0.1, -0.05) is 37.4 Å². The van der Waals surface area contributed by atoms with Crippen LogP contribution in [0, 0.1) is 21.4 Å². The van der Waals surface area contributed by atoms with Crippen LogP contribution in [0.15, 0.2) is 77.5 Å². The molecule has 0 saturated heterocycles. The summed E-state index contributed by atoms with van der Waals surface area (Å²) in [5.41, 5.74) is -0.304. The highest BCUT2D eigenvalue weighted by Crippen LogP contribution is 2.37. The van der Waals surface area contributed by atoms with Crippen molar-refractivity contribution in [2.24, 2.45) is 3.77 Å². The summed E-state index contributed by atoms with van der Waals surface area (Å²) in [6, 6.07) is 13.2. The van der Waals surface area contributed by atoms with Gasteiger partial charge in [0, 0.05) is 16.6 Å². The molecule has 0 aliphatic heterocycles. The molecule has 0 aliphatic carbocycles. The molecule has 1 heterocycles. The number of nitro benzene ring substituents is 1. The van der Waals surface area contributed by atoms with Gasteiger partial charge < -0.3 is 0 Å². The topological polar surface area (TPSA) is 130 Å². The summed E-state index contributed by atoms with van der Waals surface area (Å²) in [5.74, 6) is 0. The maximum absolute atomic E-state index is 14.0. The fourth-order valence-electron chi connectivity index (χ4n) is 2.37. The molecule has 1 aromatic heterocycles. The predicted octanol–water partition coefficient (Wildman–Crippen LogP) is 5.22. The fraction of sp³-hybridized carbons (Fsp3) is 0. The van der Waals surface area contributed by atoms with E-state index in [0.29, 0.717) is 4.47 Å². The lowest BCUT2D eigenvalue weighted by atomic mass is 10.3. The number of rotatable bonds is 5. The Morgan fingerprint density at radius 1 is 1.10 bits per heavy atom. The van der Waals surface area contributed by atoms with Gasteiger partial charge in [0.1, 0.15) is 25.0 Å². The van der Waals surface area contributed by atoms with E-state index < -0.39 is 24.7 Å². The molecule has 2 aromatic carbocycles. The smallest absolute Gasteiger partial charge is 0.258 e. The third-order valence-corrected chi connectivity index (χ3v) is 10.0. The van der Waals surface area contributed by atoms with Crippen LogP contribution in [0.4, 0.5) is 5.69 Å². The maximum Gasteiger partial charge on any atom is 0.290 e. The van der Waals surface area contributed by atoms with E-state index in [-0.39, 0.29) is 29.6 Å². The lowest BCUT2D eigenvalue weighted by Gasteiger charge is -2.10. The lowest BCUT2D eigenvalue weighted by molar-refractivity contribution is -0.384. The molecule has 0 spiro atoms. The van der Waals surface area contributed by atoms with E-state index in [1.807, 2.05) is 6.07 Å². The number of benzene rings is 2. The zero-order valence-corrected chi connectivity index (χ0v) is 19.4. The second kappa shape index (κ2) is 8.44. The van der Waals surface area contributed by atoms with Crippen molar-refractivity contribution in [3.05, 3.63) is 78.4 Å². The predicted molar refractivity (Wildman–Crippen MR) is 116 cm³/mol. The van der Waals surface area contributed by atoms with E-state index in [9.17, 15) is 22.7 Å². The van der Waals surface area contributed by atoms with Crippen LogP contribution in [0.3, 0.4) is 0 Å². The Hall–Kier alpha value is -2.30. The molecule has 0 aliphatic rings. The average molecular weight is 547 g/mol. The van der Waals surface area contributed by atoms with E-state index in [1.165, 1.54) is 18.2 Å². The van der Waals surface area contributed by atoms with Crippen LogP contribution in [0.25, 0.3) is 0 Å². The molecule has 30 heavy (non-hydrogen) atoms. The van der Waals surface area contributed by atoms with Crippen molar-refractivity contribution in [2.75, 3.05) is 0 Å². The standard InChI is InChI=1S/C17H9BrClN3O5S3/c18-11-2-1-3-15(8-11)29(25,16-9-13(10-20)28-17(16)19)21-30(26,27)14-6-4-12(5-7-14)22(23)24/h1-9H. The van der Waals surface area contributed by atoms with Crippen molar-refractivity contribution in [3.63, 3.8) is 0 Å². The molecule has 1 atom stereocenters. The number of non-ortho nitro benzene ring substituents is 1. The minimum absolute atomic E-state index is 0.0285. The third kappa shape index (κ3) is 4.40. The number of sulfonamides is 1. The molecule has 0 saturated carbocycles. The van der Waals surface area contributed by atoms with Crippen molar-refractivity contribution in [1.82, 2.24) is 0 Å². The monoisotopic (exact) mass is 545 g/mol. The highest BCUT2D eigenvalue weighted by atomic mass is 79.9. The van der Waals surface area contributed by atoms with Crippen molar-refractivity contribution in [1.29, 1.82) is 5.26 Å². The summed E-state index contributed by atoms with van der Waals surface area (Å²) < 4.78 is 44.0. The SMILES string of the molecule is N#Cc1cc(S(=O)(=NS(=O)(=O)c2ccc([N+](=O)[O-])cc2)c2cccc(Br)c2)c(Cl)s1. The summed E-state index contributed by atoms with van der Waals surface area (Å²) >= 11 is 10.3. The average Bonchev–Trinajstić information content (AvgIpc) is 3.09. The Bertz CT molecular complexity index is 1420. The molecule has 154 valence electrons. The first kappa shape index (κ1) is 22.4. The summed E-state index contributed by atoms with van der Waals surface area (Å²) in [6.07, 6.45) is 0. The van der Waals surface area contributed by atoms with Gasteiger partial charge in [0.05, 0.1) is 19.6 Å². The number of nitriles is 1. The van der Waals surface area contributed by atoms with E-state index in [2.05, 4.69) is 19.7 Å². The van der Waals surface area contributed by atoms with Gasteiger partial charge in [-0.3, -0.25) is 10.1 Å². The molecule has 0 bridgehead atoms. The largest absolute Gasteiger partial charge is 0.290 e. The summed E-state index contributed by atoms with van der Waals surface area (Å²) in [6.45, 7) is 0. The van der Waals surface area contributed by atoms with Crippen molar-refractivity contribution in [3.8, 4) is 6.07 Å². The van der Waals surface area contributed by atoms with E-state index >= 15 is 0 Å². The zero-order chi connectivity index (χ0) is 22.1. The van der Waals surface area contributed by atoms with Crippen LogP contribution < -0.4 is 0 Å². The van der Waals surface area contributed by atoms with Crippen molar-refractivity contribution < 1.29 is 17.6 Å². The highest BCUT2D eigenvalue weighted by molar-refractivity contribution is 9.10. The Morgan fingerprint density at radius 3 is 2.30 bits per heavy atom. The van der Waals surface area contributed by atoms with E-state index in [1.54, 1.807) is 12.1 Å². The molecular formula is C17H9BrClN3O5S3. The first-order valence-electron chi connectivity index (χ1n) is 7.80. The van der Waals surface area contributed by atoms with Crippen LogP contribution in [0.1, 0.15) is 4.88 Å². The van der Waals surface area contributed by atoms with Crippen molar-refractivity contribution in [2.45, 2.75) is 14.7 Å². The maximum atomic E-state index is 14.0. The molecule has 0 N–H and O–H groups in total. The minimum atomic E-state index is -4.51. The number of nitro groups is 1. The summed E-state index contributed by atoms with van der Waals surface area (Å²) in [5, 5.41) is 19.9. The molecule has 0 amide bonds. The highest BCUT2D eigenvalue weighted by Gasteiger charge is 2.27. The number of thiophene rings is 1. The molecule has 0 radical (unpaired) electrons. The van der Waals surface area contributed by atoms with Gasteiger partial charge in [-0.05, 0) is 36.4 Å². The molecule has 0 fully saturated rings. The van der Waals surface area contributed by atoms with Gasteiger partial charge in [-0.25, -0.2) is 4.21 Å². The third-order valence-electron chi connectivity index (χ3n) is 3.73. The van der Waals surface area contributed by atoms with Gasteiger partial charge in [0.2, 0.25) is 0 Å². The second-order valence-corrected chi connectivity index (χ2v) is 12.2. The molecular weight excluding hydrogens is 538 g/mol. The Labute approximate surface area is 189 Å². The van der Waals surface area contributed by atoms with Gasteiger partial charge >= 0.3 is 0 Å². The molecule has 3 aromatic rings. The van der Waals surface area contributed by atoms with Crippen LogP contribution in [-0.2, 0) is 19.8 Å². The number of nitrogens with zero attached hydrogens (tertiary/aromatic N) is 3. The molecule has 8 nitrogen and oxygen atoms in total. The van der Waals surface area contributed by atoms with Gasteiger partial charge in [0.15, 0.2) is 0 Å². The van der Waals surface area contributed by atoms with Crippen LogP contribution >= 0.6 is 38.9 Å². The van der Waals surface area contributed by atoms with Crippen LogP contribution in [0.2, 0.25) is 4.34 Å².